The number of thioether (sulfide) groups is 1. The van der Waals surface area contributed by atoms with Crippen LogP contribution in [0.25, 0.3) is 0 Å². The van der Waals surface area contributed by atoms with Crippen LogP contribution in [0.1, 0.15) is 20.7 Å². The number of hydrogen-bond acceptors (Lipinski definition) is 5. The second-order valence-electron chi connectivity index (χ2n) is 6.27. The number of amides is 1. The van der Waals surface area contributed by atoms with Crippen molar-refractivity contribution in [2.24, 2.45) is 0 Å². The lowest BCUT2D eigenvalue weighted by Gasteiger charge is -2.09. The monoisotopic (exact) mass is 441 g/mol. The smallest absolute Gasteiger partial charge is 0.255 e. The second kappa shape index (κ2) is 10.2. The summed E-state index contributed by atoms with van der Waals surface area (Å²) in [6.45, 7) is 0. The van der Waals surface area contributed by atoms with Crippen molar-refractivity contribution in [1.29, 1.82) is 0 Å². The van der Waals surface area contributed by atoms with Crippen LogP contribution in [-0.2, 0) is 0 Å². The lowest BCUT2D eigenvalue weighted by Crippen LogP contribution is -2.11. The van der Waals surface area contributed by atoms with Crippen LogP contribution in [0.5, 0.6) is 11.5 Å². The number of nitrogens with one attached hydrogen (secondary N) is 1. The van der Waals surface area contributed by atoms with Gasteiger partial charge in [0.2, 0.25) is 0 Å². The van der Waals surface area contributed by atoms with Crippen LogP contribution in [0.2, 0.25) is 5.02 Å². The molecule has 0 bridgehead atoms. The maximum Gasteiger partial charge on any atom is 0.255 e. The van der Waals surface area contributed by atoms with E-state index in [2.05, 4.69) is 5.32 Å². The largest absolute Gasteiger partial charge is 0.493 e. The Balaban J connectivity index is 1.58. The van der Waals surface area contributed by atoms with Gasteiger partial charge < -0.3 is 14.8 Å². The number of ether oxygens (including phenoxy) is 2. The molecular weight excluding hydrogens is 422 g/mol. The van der Waals surface area contributed by atoms with Gasteiger partial charge in [-0.2, -0.15) is 0 Å². The predicted octanol–water partition coefficient (Wildman–Crippen LogP) is 5.58. The van der Waals surface area contributed by atoms with Crippen LogP contribution in [0.4, 0.5) is 5.69 Å². The fraction of sp³-hybridized carbons (Fsp3) is 0.130. The van der Waals surface area contributed by atoms with Crippen molar-refractivity contribution in [2.45, 2.75) is 4.90 Å². The van der Waals surface area contributed by atoms with Crippen LogP contribution in [0.15, 0.2) is 71.6 Å². The third-order valence-corrected chi connectivity index (χ3v) is 5.52. The molecule has 0 heterocycles. The Morgan fingerprint density at radius 2 is 1.63 bits per heavy atom. The van der Waals surface area contributed by atoms with Gasteiger partial charge >= 0.3 is 0 Å². The van der Waals surface area contributed by atoms with Crippen molar-refractivity contribution in [2.75, 3.05) is 25.3 Å². The van der Waals surface area contributed by atoms with Gasteiger partial charge in [-0.1, -0.05) is 17.7 Å². The number of Topliss-reactive ketones (excluding diaryl/α,β-unsaturated/α-hetero) is 1. The second-order valence-corrected chi connectivity index (χ2v) is 7.76. The molecule has 0 aliphatic rings. The molecule has 3 aromatic rings. The highest BCUT2D eigenvalue weighted by atomic mass is 35.5. The quantitative estimate of drug-likeness (QED) is 0.365. The Hall–Kier alpha value is -2.96. The number of benzene rings is 3. The van der Waals surface area contributed by atoms with E-state index < -0.39 is 0 Å². The van der Waals surface area contributed by atoms with Gasteiger partial charge in [0.05, 0.1) is 20.0 Å². The summed E-state index contributed by atoms with van der Waals surface area (Å²) < 4.78 is 10.4. The number of carbonyl (C=O) groups is 2. The van der Waals surface area contributed by atoms with E-state index in [4.69, 9.17) is 21.1 Å². The molecule has 0 aromatic heterocycles. The Morgan fingerprint density at radius 3 is 2.30 bits per heavy atom. The predicted molar refractivity (Wildman–Crippen MR) is 120 cm³/mol. The molecule has 0 aliphatic carbocycles. The van der Waals surface area contributed by atoms with Crippen LogP contribution in [0.3, 0.4) is 0 Å². The summed E-state index contributed by atoms with van der Waals surface area (Å²) in [4.78, 5) is 25.7. The number of rotatable bonds is 8. The van der Waals surface area contributed by atoms with E-state index in [1.165, 1.54) is 18.9 Å². The minimum absolute atomic E-state index is 0.0145. The van der Waals surface area contributed by atoms with Gasteiger partial charge in [0.25, 0.3) is 5.91 Å². The summed E-state index contributed by atoms with van der Waals surface area (Å²) >= 11 is 7.35. The zero-order valence-corrected chi connectivity index (χ0v) is 18.0. The standard InChI is InChI=1S/C23H20ClNO4S/c1-28-21-11-6-15(13-22(21)29-2)20(26)14-30-19-9-7-18(8-10-19)25-23(27)16-4-3-5-17(24)12-16/h3-13H,14H2,1-2H3,(H,25,27). The van der Waals surface area contributed by atoms with Crippen molar-refractivity contribution in [3.63, 3.8) is 0 Å². The van der Waals surface area contributed by atoms with E-state index in [0.717, 1.165) is 4.90 Å². The molecule has 0 saturated carbocycles. The molecule has 5 nitrogen and oxygen atoms in total. The van der Waals surface area contributed by atoms with E-state index >= 15 is 0 Å². The van der Waals surface area contributed by atoms with Crippen molar-refractivity contribution >= 4 is 40.7 Å². The lowest BCUT2D eigenvalue weighted by atomic mass is 10.1. The first-order chi connectivity index (χ1) is 14.5. The zero-order valence-electron chi connectivity index (χ0n) is 16.5. The summed E-state index contributed by atoms with van der Waals surface area (Å²) in [6, 6.07) is 19.2. The Labute approximate surface area is 184 Å². The number of methoxy groups -OCH3 is 2. The average molecular weight is 442 g/mol. The molecule has 3 aromatic carbocycles. The fourth-order valence-corrected chi connectivity index (χ4v) is 3.69. The van der Waals surface area contributed by atoms with E-state index in [-0.39, 0.29) is 17.4 Å². The van der Waals surface area contributed by atoms with Gasteiger partial charge in [-0.3, -0.25) is 9.59 Å². The first-order valence-electron chi connectivity index (χ1n) is 9.05. The summed E-state index contributed by atoms with van der Waals surface area (Å²) in [7, 11) is 3.09. The molecule has 0 atom stereocenters. The molecule has 30 heavy (non-hydrogen) atoms. The van der Waals surface area contributed by atoms with Crippen LogP contribution < -0.4 is 14.8 Å². The normalized spacial score (nSPS) is 10.4. The minimum atomic E-state index is -0.235. The van der Waals surface area contributed by atoms with Crippen molar-refractivity contribution < 1.29 is 19.1 Å². The van der Waals surface area contributed by atoms with Crippen molar-refractivity contribution in [3.8, 4) is 11.5 Å². The topological polar surface area (TPSA) is 64.6 Å². The van der Waals surface area contributed by atoms with Gasteiger partial charge in [0.1, 0.15) is 0 Å². The molecule has 3 rings (SSSR count). The number of anilines is 1. The van der Waals surface area contributed by atoms with E-state index in [1.54, 1.807) is 61.7 Å². The summed E-state index contributed by atoms with van der Waals surface area (Å²) in [6.07, 6.45) is 0. The van der Waals surface area contributed by atoms with Crippen molar-refractivity contribution in [1.82, 2.24) is 0 Å². The number of halogens is 1. The lowest BCUT2D eigenvalue weighted by molar-refractivity contribution is 0.101. The molecule has 0 unspecified atom stereocenters. The highest BCUT2D eigenvalue weighted by Crippen LogP contribution is 2.29. The van der Waals surface area contributed by atoms with Gasteiger partial charge in [-0.25, -0.2) is 0 Å². The molecule has 0 aliphatic heterocycles. The number of hydrogen-bond donors (Lipinski definition) is 1. The van der Waals surface area contributed by atoms with Crippen LogP contribution in [-0.4, -0.2) is 31.7 Å². The first kappa shape index (κ1) is 21.7. The van der Waals surface area contributed by atoms with Crippen LogP contribution >= 0.6 is 23.4 Å². The van der Waals surface area contributed by atoms with Crippen molar-refractivity contribution in [3.05, 3.63) is 82.9 Å². The third kappa shape index (κ3) is 5.55. The highest BCUT2D eigenvalue weighted by molar-refractivity contribution is 8.00. The molecular formula is C23H20ClNO4S. The molecule has 0 spiro atoms. The molecule has 7 heteroatoms. The summed E-state index contributed by atoms with van der Waals surface area (Å²) in [5.41, 5.74) is 1.71. The van der Waals surface area contributed by atoms with E-state index in [9.17, 15) is 9.59 Å². The Kier molecular flexibility index (Phi) is 7.38. The molecule has 0 fully saturated rings. The average Bonchev–Trinajstić information content (AvgIpc) is 2.77. The maximum absolute atomic E-state index is 12.5. The minimum Gasteiger partial charge on any atom is -0.493 e. The van der Waals surface area contributed by atoms with E-state index in [0.29, 0.717) is 33.3 Å². The SMILES string of the molecule is COc1ccc(C(=O)CSc2ccc(NC(=O)c3cccc(Cl)c3)cc2)cc1OC. The first-order valence-corrected chi connectivity index (χ1v) is 10.4. The third-order valence-electron chi connectivity index (χ3n) is 4.27. The van der Waals surface area contributed by atoms with Gasteiger partial charge in [0, 0.05) is 26.7 Å². The number of ketones is 1. The van der Waals surface area contributed by atoms with Gasteiger partial charge in [0.15, 0.2) is 17.3 Å². The molecule has 1 N–H and O–H groups in total. The zero-order chi connectivity index (χ0) is 21.5. The van der Waals surface area contributed by atoms with Gasteiger partial charge in [-0.15, -0.1) is 11.8 Å². The summed E-state index contributed by atoms with van der Waals surface area (Å²) in [5.74, 6) is 1.13. The Bertz CT molecular complexity index is 1050. The fourth-order valence-electron chi connectivity index (χ4n) is 2.71. The van der Waals surface area contributed by atoms with E-state index in [1.807, 2.05) is 12.1 Å². The van der Waals surface area contributed by atoms with Crippen LogP contribution in [0, 0.1) is 0 Å². The highest BCUT2D eigenvalue weighted by Gasteiger charge is 2.12. The van der Waals surface area contributed by atoms with Gasteiger partial charge in [-0.05, 0) is 60.7 Å². The molecule has 1 amide bonds. The molecule has 0 saturated heterocycles. The number of carbonyl (C=O) groups excluding carboxylic acids is 2. The summed E-state index contributed by atoms with van der Waals surface area (Å²) in [5, 5.41) is 3.34. The molecule has 154 valence electrons. The maximum atomic E-state index is 12.5. The Morgan fingerprint density at radius 1 is 0.900 bits per heavy atom. The molecule has 0 radical (unpaired) electrons.